The van der Waals surface area contributed by atoms with Crippen molar-refractivity contribution in [3.63, 3.8) is 0 Å². The maximum Gasteiger partial charge on any atom is 0.257 e. The second kappa shape index (κ2) is 9.03. The van der Waals surface area contributed by atoms with Crippen LogP contribution in [0.4, 0.5) is 0 Å². The molecule has 1 aromatic carbocycles. The van der Waals surface area contributed by atoms with E-state index in [1.165, 1.54) is 24.7 Å². The van der Waals surface area contributed by atoms with E-state index in [1.54, 1.807) is 0 Å². The van der Waals surface area contributed by atoms with Crippen LogP contribution in [0.3, 0.4) is 0 Å². The number of halogens is 1. The smallest absolute Gasteiger partial charge is 0.257 e. The number of unbranched alkanes of at least 4 members (excludes halogenated alkanes) is 1. The van der Waals surface area contributed by atoms with Gasteiger partial charge in [-0.2, -0.15) is 0 Å². The molecule has 0 aliphatic carbocycles. The van der Waals surface area contributed by atoms with Crippen LogP contribution in [-0.2, 0) is 6.42 Å². The lowest BCUT2D eigenvalue weighted by Gasteiger charge is -2.22. The minimum atomic E-state index is 0.100. The van der Waals surface area contributed by atoms with Gasteiger partial charge < -0.3 is 9.80 Å². The van der Waals surface area contributed by atoms with Gasteiger partial charge in [0.05, 0.1) is 17.0 Å². The molecular weight excluding hydrogens is 396 g/mol. The van der Waals surface area contributed by atoms with Crippen LogP contribution in [0.2, 0.25) is 5.02 Å². The molecule has 2 atom stereocenters. The number of hydrogen-bond donors (Lipinski definition) is 0. The van der Waals surface area contributed by atoms with Gasteiger partial charge in [0.15, 0.2) is 0 Å². The molecule has 2 fully saturated rings. The highest BCUT2D eigenvalue weighted by Crippen LogP contribution is 2.32. The highest BCUT2D eigenvalue weighted by atomic mass is 35.5. The summed E-state index contributed by atoms with van der Waals surface area (Å²) in [6.45, 7) is 10.9. The zero-order chi connectivity index (χ0) is 21.3. The molecule has 0 radical (unpaired) electrons. The molecule has 2 aromatic rings. The number of carbonyl (C=O) groups is 1. The molecule has 2 aliphatic rings. The van der Waals surface area contributed by atoms with E-state index in [2.05, 4.69) is 33.1 Å². The Kier molecular flexibility index (Phi) is 6.40. The second-order valence-electron chi connectivity index (χ2n) is 8.95. The molecule has 1 amide bonds. The number of hydrogen-bond acceptors (Lipinski definition) is 4. The molecule has 2 unspecified atom stereocenters. The molecule has 0 spiro atoms. The first-order valence-electron chi connectivity index (χ1n) is 11.0. The number of aryl methyl sites for hydroxylation is 4. The van der Waals surface area contributed by atoms with Gasteiger partial charge in [-0.1, -0.05) is 23.7 Å². The number of carbonyl (C=O) groups excluding carboxylic acids is 1. The number of amides is 1. The van der Waals surface area contributed by atoms with Gasteiger partial charge in [-0.05, 0) is 75.6 Å². The summed E-state index contributed by atoms with van der Waals surface area (Å²) >= 11 is 6.23. The van der Waals surface area contributed by atoms with E-state index in [0.29, 0.717) is 17.4 Å². The molecule has 4 rings (SSSR count). The van der Waals surface area contributed by atoms with Crippen molar-refractivity contribution in [2.75, 3.05) is 32.7 Å². The Morgan fingerprint density at radius 2 is 1.70 bits per heavy atom. The van der Waals surface area contributed by atoms with Gasteiger partial charge in [-0.15, -0.1) is 0 Å². The minimum Gasteiger partial charge on any atom is -0.338 e. The lowest BCUT2D eigenvalue weighted by atomic mass is 10.0. The lowest BCUT2D eigenvalue weighted by Crippen LogP contribution is -2.34. The van der Waals surface area contributed by atoms with Crippen LogP contribution in [0.1, 0.15) is 45.7 Å². The summed E-state index contributed by atoms with van der Waals surface area (Å²) in [5, 5.41) is 0.867. The Labute approximate surface area is 184 Å². The van der Waals surface area contributed by atoms with Crippen LogP contribution in [-0.4, -0.2) is 58.4 Å². The van der Waals surface area contributed by atoms with E-state index in [0.717, 1.165) is 61.1 Å². The third-order valence-electron chi connectivity index (χ3n) is 6.72. The molecular formula is C24H31ClN4O. The van der Waals surface area contributed by atoms with Crippen molar-refractivity contribution >= 4 is 17.5 Å². The Hall–Kier alpha value is -1.98. The molecule has 0 bridgehead atoms. The van der Waals surface area contributed by atoms with E-state index < -0.39 is 0 Å². The summed E-state index contributed by atoms with van der Waals surface area (Å²) in [5.41, 5.74) is 4.71. The summed E-state index contributed by atoms with van der Waals surface area (Å²) in [6, 6.07) is 6.40. The van der Waals surface area contributed by atoms with Crippen molar-refractivity contribution in [2.45, 2.75) is 40.0 Å². The van der Waals surface area contributed by atoms with Crippen LogP contribution >= 0.6 is 11.6 Å². The predicted octanol–water partition coefficient (Wildman–Crippen LogP) is 4.08. The molecule has 2 saturated heterocycles. The predicted molar refractivity (Wildman–Crippen MR) is 120 cm³/mol. The maximum atomic E-state index is 13.0. The Morgan fingerprint density at radius 1 is 1.03 bits per heavy atom. The van der Waals surface area contributed by atoms with E-state index in [1.807, 2.05) is 25.7 Å². The van der Waals surface area contributed by atoms with Crippen molar-refractivity contribution < 1.29 is 4.79 Å². The first kappa shape index (κ1) is 21.3. The standard InChI is InChI=1S/C24H31ClN4O/c1-16-7-8-19(10-22(16)25)6-4-5-9-28-11-20-13-29(14-21(20)12-28)24(30)23-17(2)26-15-27-18(23)3/h7-8,10,15,20-21H,4-6,9,11-14H2,1-3H3. The van der Waals surface area contributed by atoms with Gasteiger partial charge in [-0.25, -0.2) is 9.97 Å². The molecule has 0 saturated carbocycles. The summed E-state index contributed by atoms with van der Waals surface area (Å²) in [7, 11) is 0. The third kappa shape index (κ3) is 4.52. The normalized spacial score (nSPS) is 21.3. The van der Waals surface area contributed by atoms with Gasteiger partial charge in [-0.3, -0.25) is 4.79 Å². The average Bonchev–Trinajstić information content (AvgIpc) is 3.26. The van der Waals surface area contributed by atoms with Crippen LogP contribution in [0.25, 0.3) is 0 Å². The number of rotatable bonds is 6. The SMILES string of the molecule is Cc1ccc(CCCCN2CC3CN(C(=O)c4c(C)ncnc4C)CC3C2)cc1Cl. The Bertz CT molecular complexity index is 897. The summed E-state index contributed by atoms with van der Waals surface area (Å²) < 4.78 is 0. The Morgan fingerprint density at radius 3 is 2.33 bits per heavy atom. The molecule has 30 heavy (non-hydrogen) atoms. The first-order valence-corrected chi connectivity index (χ1v) is 11.3. The van der Waals surface area contributed by atoms with Gasteiger partial charge in [0.1, 0.15) is 6.33 Å². The molecule has 160 valence electrons. The molecule has 3 heterocycles. The minimum absolute atomic E-state index is 0.100. The Balaban J connectivity index is 1.23. The van der Waals surface area contributed by atoms with Gasteiger partial charge in [0.25, 0.3) is 5.91 Å². The number of nitrogens with zero attached hydrogens (tertiary/aromatic N) is 4. The van der Waals surface area contributed by atoms with Crippen molar-refractivity contribution in [2.24, 2.45) is 11.8 Å². The highest BCUT2D eigenvalue weighted by Gasteiger charge is 2.41. The molecule has 2 aliphatic heterocycles. The summed E-state index contributed by atoms with van der Waals surface area (Å²) in [5.74, 6) is 1.29. The fourth-order valence-corrected chi connectivity index (χ4v) is 5.16. The summed E-state index contributed by atoms with van der Waals surface area (Å²) in [4.78, 5) is 26.1. The third-order valence-corrected chi connectivity index (χ3v) is 7.12. The van der Waals surface area contributed by atoms with E-state index >= 15 is 0 Å². The number of benzene rings is 1. The largest absolute Gasteiger partial charge is 0.338 e. The second-order valence-corrected chi connectivity index (χ2v) is 9.36. The highest BCUT2D eigenvalue weighted by molar-refractivity contribution is 6.31. The van der Waals surface area contributed by atoms with Crippen LogP contribution in [0.15, 0.2) is 24.5 Å². The van der Waals surface area contributed by atoms with Crippen molar-refractivity contribution in [3.8, 4) is 0 Å². The molecule has 0 N–H and O–H groups in total. The van der Waals surface area contributed by atoms with E-state index in [4.69, 9.17) is 11.6 Å². The van der Waals surface area contributed by atoms with E-state index in [9.17, 15) is 4.79 Å². The fourth-order valence-electron chi connectivity index (χ4n) is 4.96. The molecule has 1 aromatic heterocycles. The number of likely N-dealkylation sites (tertiary alicyclic amines) is 2. The number of fused-ring (bicyclic) bond motifs is 1. The van der Waals surface area contributed by atoms with Crippen molar-refractivity contribution in [1.29, 1.82) is 0 Å². The topological polar surface area (TPSA) is 49.3 Å². The zero-order valence-electron chi connectivity index (χ0n) is 18.2. The first-order chi connectivity index (χ1) is 14.4. The lowest BCUT2D eigenvalue weighted by molar-refractivity contribution is 0.0771. The summed E-state index contributed by atoms with van der Waals surface area (Å²) in [6.07, 6.45) is 5.00. The van der Waals surface area contributed by atoms with E-state index in [-0.39, 0.29) is 5.91 Å². The monoisotopic (exact) mass is 426 g/mol. The van der Waals surface area contributed by atoms with Crippen molar-refractivity contribution in [3.05, 3.63) is 57.6 Å². The van der Waals surface area contributed by atoms with Crippen LogP contribution in [0.5, 0.6) is 0 Å². The quantitative estimate of drug-likeness (QED) is 0.653. The van der Waals surface area contributed by atoms with Gasteiger partial charge >= 0.3 is 0 Å². The van der Waals surface area contributed by atoms with Gasteiger partial charge in [0.2, 0.25) is 0 Å². The van der Waals surface area contributed by atoms with Gasteiger partial charge in [0, 0.05) is 31.2 Å². The molecule has 6 heteroatoms. The maximum absolute atomic E-state index is 13.0. The zero-order valence-corrected chi connectivity index (χ0v) is 19.0. The number of aromatic nitrogens is 2. The average molecular weight is 427 g/mol. The fraction of sp³-hybridized carbons (Fsp3) is 0.542. The molecule has 5 nitrogen and oxygen atoms in total. The van der Waals surface area contributed by atoms with Crippen LogP contribution < -0.4 is 0 Å². The van der Waals surface area contributed by atoms with Crippen LogP contribution in [0, 0.1) is 32.6 Å². The van der Waals surface area contributed by atoms with Crippen molar-refractivity contribution in [1.82, 2.24) is 19.8 Å².